The van der Waals surface area contributed by atoms with Crippen LogP contribution in [-0.4, -0.2) is 58.8 Å². The fourth-order valence-electron chi connectivity index (χ4n) is 3.20. The van der Waals surface area contributed by atoms with Crippen LogP contribution in [-0.2, 0) is 4.79 Å². The number of hydrogen-bond donors (Lipinski definition) is 1. The van der Waals surface area contributed by atoms with E-state index in [-0.39, 0.29) is 28.4 Å². The third-order valence-electron chi connectivity index (χ3n) is 4.85. The second kappa shape index (κ2) is 10.3. The number of piperazine rings is 1. The van der Waals surface area contributed by atoms with E-state index in [1.54, 1.807) is 47.4 Å². The lowest BCUT2D eigenvalue weighted by Gasteiger charge is -2.36. The van der Waals surface area contributed by atoms with Gasteiger partial charge in [-0.1, -0.05) is 46.8 Å². The van der Waals surface area contributed by atoms with Gasteiger partial charge in [0.05, 0.1) is 11.4 Å². The first-order chi connectivity index (χ1) is 15.5. The zero-order valence-electron chi connectivity index (χ0n) is 16.8. The van der Waals surface area contributed by atoms with Crippen molar-refractivity contribution in [3.63, 3.8) is 0 Å². The van der Waals surface area contributed by atoms with Gasteiger partial charge in [0, 0.05) is 36.9 Å². The Balaban J connectivity index is 1.25. The van der Waals surface area contributed by atoms with Crippen molar-refractivity contribution in [2.75, 3.05) is 42.1 Å². The predicted octanol–water partition coefficient (Wildman–Crippen LogP) is 4.02. The molecule has 1 N–H and O–H groups in total. The Hall–Kier alpha value is -2.69. The van der Waals surface area contributed by atoms with Crippen molar-refractivity contribution >= 4 is 57.9 Å². The summed E-state index contributed by atoms with van der Waals surface area (Å²) in [5, 5.41) is 11.4. The van der Waals surface area contributed by atoms with E-state index in [4.69, 9.17) is 11.6 Å². The summed E-state index contributed by atoms with van der Waals surface area (Å²) in [4.78, 5) is 28.6. The lowest BCUT2D eigenvalue weighted by atomic mass is 10.2. The molecule has 1 aliphatic rings. The van der Waals surface area contributed by atoms with Gasteiger partial charge in [-0.05, 0) is 36.4 Å². The van der Waals surface area contributed by atoms with Crippen LogP contribution in [0.4, 0.5) is 15.8 Å². The monoisotopic (exact) mass is 491 g/mol. The van der Waals surface area contributed by atoms with E-state index in [1.807, 2.05) is 4.90 Å². The molecular weight excluding hydrogens is 473 g/mol. The highest BCUT2D eigenvalue weighted by Crippen LogP contribution is 2.25. The van der Waals surface area contributed by atoms with Crippen LogP contribution < -0.4 is 10.2 Å². The molecule has 0 spiro atoms. The van der Waals surface area contributed by atoms with Crippen molar-refractivity contribution in [2.45, 2.75) is 4.34 Å². The molecular formula is C21H19ClFN5O2S2. The minimum absolute atomic E-state index is 0.0226. The number of nitrogens with zero attached hydrogens (tertiary/aromatic N) is 4. The van der Waals surface area contributed by atoms with Crippen LogP contribution in [0.25, 0.3) is 0 Å². The Morgan fingerprint density at radius 3 is 2.50 bits per heavy atom. The molecule has 1 aromatic heterocycles. The molecule has 32 heavy (non-hydrogen) atoms. The number of carbonyl (C=O) groups is 2. The van der Waals surface area contributed by atoms with E-state index in [2.05, 4.69) is 15.5 Å². The van der Waals surface area contributed by atoms with Gasteiger partial charge in [-0.2, -0.15) is 0 Å². The van der Waals surface area contributed by atoms with Gasteiger partial charge in [0.1, 0.15) is 5.82 Å². The molecule has 0 bridgehead atoms. The largest absolute Gasteiger partial charge is 0.366 e. The smallest absolute Gasteiger partial charge is 0.286 e. The van der Waals surface area contributed by atoms with Crippen LogP contribution in [0, 0.1) is 5.82 Å². The molecule has 0 atom stereocenters. The average molecular weight is 492 g/mol. The SMILES string of the molecule is O=C(Nc1ccc(Cl)cc1)c1nnc(SCC(=O)N2CCN(c3ccccc3F)CC2)s1. The topological polar surface area (TPSA) is 78.4 Å². The number of carbonyl (C=O) groups excluding carboxylic acids is 2. The molecule has 1 fully saturated rings. The Kier molecular flexibility index (Phi) is 7.23. The quantitative estimate of drug-likeness (QED) is 0.525. The maximum absolute atomic E-state index is 14.0. The number of nitrogens with one attached hydrogen (secondary N) is 1. The lowest BCUT2D eigenvalue weighted by molar-refractivity contribution is -0.128. The fraction of sp³-hybridized carbons (Fsp3) is 0.238. The Morgan fingerprint density at radius 2 is 1.78 bits per heavy atom. The molecule has 3 aromatic rings. The number of amides is 2. The van der Waals surface area contributed by atoms with Crippen molar-refractivity contribution in [2.24, 2.45) is 0 Å². The van der Waals surface area contributed by atoms with E-state index in [0.29, 0.717) is 46.9 Å². The highest BCUT2D eigenvalue weighted by atomic mass is 35.5. The molecule has 2 amide bonds. The number of rotatable bonds is 6. The lowest BCUT2D eigenvalue weighted by Crippen LogP contribution is -2.49. The van der Waals surface area contributed by atoms with Gasteiger partial charge in [0.2, 0.25) is 10.9 Å². The highest BCUT2D eigenvalue weighted by molar-refractivity contribution is 8.01. The Labute approximate surface area is 197 Å². The number of anilines is 2. The first-order valence-electron chi connectivity index (χ1n) is 9.80. The normalized spacial score (nSPS) is 13.8. The van der Waals surface area contributed by atoms with E-state index in [0.717, 1.165) is 11.3 Å². The van der Waals surface area contributed by atoms with E-state index < -0.39 is 0 Å². The minimum atomic E-state index is -0.368. The first-order valence-corrected chi connectivity index (χ1v) is 12.0. The van der Waals surface area contributed by atoms with Crippen LogP contribution in [0.1, 0.15) is 9.80 Å². The summed E-state index contributed by atoms with van der Waals surface area (Å²) in [7, 11) is 0. The van der Waals surface area contributed by atoms with E-state index >= 15 is 0 Å². The van der Waals surface area contributed by atoms with Crippen molar-refractivity contribution < 1.29 is 14.0 Å². The van der Waals surface area contributed by atoms with Gasteiger partial charge in [-0.25, -0.2) is 4.39 Å². The number of thioether (sulfide) groups is 1. The maximum Gasteiger partial charge on any atom is 0.286 e. The van der Waals surface area contributed by atoms with Crippen LogP contribution in [0.2, 0.25) is 5.02 Å². The summed E-state index contributed by atoms with van der Waals surface area (Å²) in [5.74, 6) is -0.444. The van der Waals surface area contributed by atoms with Gasteiger partial charge >= 0.3 is 0 Å². The minimum Gasteiger partial charge on any atom is -0.366 e. The Bertz CT molecular complexity index is 1100. The van der Waals surface area contributed by atoms with Crippen molar-refractivity contribution in [3.8, 4) is 0 Å². The van der Waals surface area contributed by atoms with Gasteiger partial charge in [-0.3, -0.25) is 9.59 Å². The molecule has 7 nitrogen and oxygen atoms in total. The average Bonchev–Trinajstić information content (AvgIpc) is 3.29. The molecule has 0 unspecified atom stereocenters. The second-order valence-electron chi connectivity index (χ2n) is 6.94. The Morgan fingerprint density at radius 1 is 1.06 bits per heavy atom. The number of aromatic nitrogens is 2. The summed E-state index contributed by atoms with van der Waals surface area (Å²) < 4.78 is 14.5. The molecule has 0 aliphatic carbocycles. The predicted molar refractivity (Wildman–Crippen MR) is 125 cm³/mol. The molecule has 4 rings (SSSR count). The highest BCUT2D eigenvalue weighted by Gasteiger charge is 2.23. The zero-order valence-corrected chi connectivity index (χ0v) is 19.2. The fourth-order valence-corrected chi connectivity index (χ4v) is 4.97. The van der Waals surface area contributed by atoms with Crippen molar-refractivity contribution in [1.82, 2.24) is 15.1 Å². The molecule has 1 saturated heterocycles. The van der Waals surface area contributed by atoms with Crippen LogP contribution in [0.5, 0.6) is 0 Å². The molecule has 166 valence electrons. The summed E-state index contributed by atoms with van der Waals surface area (Å²) in [6.45, 7) is 2.20. The van der Waals surface area contributed by atoms with Crippen molar-refractivity contribution in [1.29, 1.82) is 0 Å². The number of halogens is 2. The molecule has 1 aliphatic heterocycles. The number of hydrogen-bond acceptors (Lipinski definition) is 7. The first kappa shape index (κ1) is 22.5. The number of benzene rings is 2. The molecule has 2 aromatic carbocycles. The van der Waals surface area contributed by atoms with E-state index in [1.165, 1.54) is 17.8 Å². The maximum atomic E-state index is 14.0. The molecule has 2 heterocycles. The second-order valence-corrected chi connectivity index (χ2v) is 9.58. The zero-order chi connectivity index (χ0) is 22.5. The molecule has 0 radical (unpaired) electrons. The van der Waals surface area contributed by atoms with Crippen LogP contribution in [0.15, 0.2) is 52.9 Å². The standard InChI is InChI=1S/C21H19ClFN5O2S2/c22-14-5-7-15(8-6-14)24-19(30)20-25-26-21(32-20)31-13-18(29)28-11-9-27(10-12-28)17-4-2-1-3-16(17)23/h1-8H,9-13H2,(H,24,30). The van der Waals surface area contributed by atoms with Gasteiger partial charge < -0.3 is 15.1 Å². The molecule has 0 saturated carbocycles. The van der Waals surface area contributed by atoms with Gasteiger partial charge in [-0.15, -0.1) is 10.2 Å². The third kappa shape index (κ3) is 5.56. The molecule has 11 heteroatoms. The van der Waals surface area contributed by atoms with Crippen LogP contribution in [0.3, 0.4) is 0 Å². The summed E-state index contributed by atoms with van der Waals surface area (Å²) in [5.41, 5.74) is 1.17. The number of para-hydroxylation sites is 1. The third-order valence-corrected chi connectivity index (χ3v) is 7.14. The summed E-state index contributed by atoms with van der Waals surface area (Å²) in [6.07, 6.45) is 0. The van der Waals surface area contributed by atoms with Gasteiger partial charge in [0.25, 0.3) is 5.91 Å². The van der Waals surface area contributed by atoms with Crippen LogP contribution >= 0.6 is 34.7 Å². The summed E-state index contributed by atoms with van der Waals surface area (Å²) in [6, 6.07) is 13.4. The van der Waals surface area contributed by atoms with E-state index in [9.17, 15) is 14.0 Å². The van der Waals surface area contributed by atoms with Crippen molar-refractivity contribution in [3.05, 3.63) is 64.4 Å². The summed E-state index contributed by atoms with van der Waals surface area (Å²) >= 11 is 8.23. The van der Waals surface area contributed by atoms with Gasteiger partial charge in [0.15, 0.2) is 4.34 Å².